The second-order valence-corrected chi connectivity index (χ2v) is 5.05. The van der Waals surface area contributed by atoms with Gasteiger partial charge in [0.15, 0.2) is 5.75 Å². The first-order valence-electron chi connectivity index (χ1n) is 6.90. The lowest BCUT2D eigenvalue weighted by atomic mass is 9.97. The Kier molecular flexibility index (Phi) is 5.30. The lowest BCUT2D eigenvalue weighted by molar-refractivity contribution is -0.143. The summed E-state index contributed by atoms with van der Waals surface area (Å²) in [5, 5.41) is 11.3. The molecule has 0 aliphatic carbocycles. The minimum atomic E-state index is -3.15. The van der Waals surface area contributed by atoms with E-state index >= 15 is 0 Å². The highest BCUT2D eigenvalue weighted by molar-refractivity contribution is 5.91. The largest absolute Gasteiger partial charge is 0.481 e. The number of carboxylic acids is 1. The maximum atomic E-state index is 13.1. The molecule has 0 saturated carbocycles. The van der Waals surface area contributed by atoms with Crippen molar-refractivity contribution in [3.05, 3.63) is 24.0 Å². The van der Waals surface area contributed by atoms with Crippen molar-refractivity contribution >= 4 is 17.7 Å². The standard InChI is InChI=1S/C14H15F3N2O4/c15-9-1-2-10(11(7-9)23-13(16)17)18-14(22)19-5-3-8(4-6-19)12(20)21/h1-2,7-8,13H,3-6H2,(H,18,22)(H,20,21). The number of aliphatic carboxylic acids is 1. The van der Waals surface area contributed by atoms with Gasteiger partial charge < -0.3 is 20.1 Å². The smallest absolute Gasteiger partial charge is 0.387 e. The number of amides is 2. The molecule has 1 saturated heterocycles. The quantitative estimate of drug-likeness (QED) is 0.889. The molecular weight excluding hydrogens is 317 g/mol. The van der Waals surface area contributed by atoms with E-state index in [1.165, 1.54) is 4.90 Å². The summed E-state index contributed by atoms with van der Waals surface area (Å²) in [5.74, 6) is -2.66. The third-order valence-electron chi connectivity index (χ3n) is 3.53. The van der Waals surface area contributed by atoms with Crippen molar-refractivity contribution in [2.45, 2.75) is 19.5 Å². The highest BCUT2D eigenvalue weighted by Crippen LogP contribution is 2.28. The Bertz CT molecular complexity index is 589. The zero-order valence-corrected chi connectivity index (χ0v) is 12.0. The molecule has 23 heavy (non-hydrogen) atoms. The van der Waals surface area contributed by atoms with Crippen LogP contribution in [0.1, 0.15) is 12.8 Å². The van der Waals surface area contributed by atoms with Gasteiger partial charge in [0.2, 0.25) is 0 Å². The highest BCUT2D eigenvalue weighted by Gasteiger charge is 2.27. The molecule has 0 bridgehead atoms. The number of alkyl halides is 2. The van der Waals surface area contributed by atoms with Gasteiger partial charge >= 0.3 is 18.6 Å². The zero-order valence-electron chi connectivity index (χ0n) is 12.0. The van der Waals surface area contributed by atoms with E-state index in [1.807, 2.05) is 0 Å². The van der Waals surface area contributed by atoms with Crippen LogP contribution in [-0.4, -0.2) is 41.7 Å². The van der Waals surface area contributed by atoms with E-state index in [-0.39, 0.29) is 18.8 Å². The predicted molar refractivity (Wildman–Crippen MR) is 74.0 cm³/mol. The SMILES string of the molecule is O=C(O)C1CCN(C(=O)Nc2ccc(F)cc2OC(F)F)CC1. The van der Waals surface area contributed by atoms with Gasteiger partial charge in [0, 0.05) is 19.2 Å². The van der Waals surface area contributed by atoms with Gasteiger partial charge in [-0.25, -0.2) is 9.18 Å². The Morgan fingerprint density at radius 2 is 1.96 bits per heavy atom. The molecular formula is C14H15F3N2O4. The molecule has 1 aliphatic rings. The lowest BCUT2D eigenvalue weighted by Gasteiger charge is -2.30. The number of nitrogens with one attached hydrogen (secondary N) is 1. The summed E-state index contributed by atoms with van der Waals surface area (Å²) in [7, 11) is 0. The predicted octanol–water partition coefficient (Wildman–Crippen LogP) is 2.76. The Labute approximate surface area is 129 Å². The van der Waals surface area contributed by atoms with Crippen LogP contribution in [0, 0.1) is 11.7 Å². The van der Waals surface area contributed by atoms with Crippen molar-refractivity contribution in [1.29, 1.82) is 0 Å². The molecule has 0 spiro atoms. The zero-order chi connectivity index (χ0) is 17.0. The van der Waals surface area contributed by atoms with Crippen LogP contribution >= 0.6 is 0 Å². The Hall–Kier alpha value is -2.45. The molecule has 0 radical (unpaired) electrons. The number of carbonyl (C=O) groups is 2. The second kappa shape index (κ2) is 7.21. The first-order chi connectivity index (χ1) is 10.9. The molecule has 1 aromatic carbocycles. The number of rotatable bonds is 4. The van der Waals surface area contributed by atoms with Crippen molar-refractivity contribution in [2.24, 2.45) is 5.92 Å². The van der Waals surface area contributed by atoms with Gasteiger partial charge in [-0.3, -0.25) is 4.79 Å². The monoisotopic (exact) mass is 332 g/mol. The maximum absolute atomic E-state index is 13.1. The number of carbonyl (C=O) groups excluding carboxylic acids is 1. The molecule has 0 unspecified atom stereocenters. The molecule has 2 amide bonds. The minimum absolute atomic E-state index is 0.0861. The number of piperidine rings is 1. The molecule has 1 heterocycles. The van der Waals surface area contributed by atoms with Gasteiger partial charge in [-0.1, -0.05) is 0 Å². The van der Waals surface area contributed by atoms with Gasteiger partial charge in [0.1, 0.15) is 5.82 Å². The molecule has 126 valence electrons. The Morgan fingerprint density at radius 3 is 2.52 bits per heavy atom. The molecule has 2 rings (SSSR count). The molecule has 9 heteroatoms. The number of ether oxygens (including phenoxy) is 1. The van der Waals surface area contributed by atoms with Crippen LogP contribution in [-0.2, 0) is 4.79 Å². The van der Waals surface area contributed by atoms with Crippen LogP contribution in [0.3, 0.4) is 0 Å². The van der Waals surface area contributed by atoms with Crippen LogP contribution in [0.5, 0.6) is 5.75 Å². The number of carboxylic acid groups (broad SMARTS) is 1. The van der Waals surface area contributed by atoms with Gasteiger partial charge in [-0.05, 0) is 25.0 Å². The summed E-state index contributed by atoms with van der Waals surface area (Å²) in [6.07, 6.45) is 0.624. The highest BCUT2D eigenvalue weighted by atomic mass is 19.3. The van der Waals surface area contributed by atoms with Crippen LogP contribution in [0.2, 0.25) is 0 Å². The molecule has 1 aliphatic heterocycles. The summed E-state index contributed by atoms with van der Waals surface area (Å²) in [6.45, 7) is -2.69. The molecule has 1 aromatic rings. The summed E-state index contributed by atoms with van der Waals surface area (Å²) in [4.78, 5) is 24.3. The molecule has 2 N–H and O–H groups in total. The van der Waals surface area contributed by atoms with Crippen LogP contribution < -0.4 is 10.1 Å². The van der Waals surface area contributed by atoms with E-state index in [0.717, 1.165) is 18.2 Å². The molecule has 6 nitrogen and oxygen atoms in total. The number of benzene rings is 1. The summed E-state index contributed by atoms with van der Waals surface area (Å²) >= 11 is 0. The topological polar surface area (TPSA) is 78.9 Å². The minimum Gasteiger partial charge on any atom is -0.481 e. The first kappa shape index (κ1) is 16.9. The van der Waals surface area contributed by atoms with Crippen LogP contribution in [0.25, 0.3) is 0 Å². The van der Waals surface area contributed by atoms with Crippen molar-refractivity contribution in [2.75, 3.05) is 18.4 Å². The first-order valence-corrected chi connectivity index (χ1v) is 6.90. The second-order valence-electron chi connectivity index (χ2n) is 5.05. The molecule has 1 fully saturated rings. The number of anilines is 1. The van der Waals surface area contributed by atoms with E-state index in [2.05, 4.69) is 10.1 Å². The van der Waals surface area contributed by atoms with E-state index < -0.39 is 36.1 Å². The Morgan fingerprint density at radius 1 is 1.30 bits per heavy atom. The third kappa shape index (κ3) is 4.51. The van der Waals surface area contributed by atoms with E-state index in [0.29, 0.717) is 12.8 Å². The number of nitrogens with zero attached hydrogens (tertiary/aromatic N) is 1. The number of likely N-dealkylation sites (tertiary alicyclic amines) is 1. The van der Waals surface area contributed by atoms with E-state index in [4.69, 9.17) is 5.11 Å². The number of halogens is 3. The molecule has 0 aromatic heterocycles. The average Bonchev–Trinajstić information content (AvgIpc) is 2.49. The van der Waals surface area contributed by atoms with Crippen molar-refractivity contribution < 1.29 is 32.6 Å². The fourth-order valence-electron chi connectivity index (χ4n) is 2.32. The number of urea groups is 1. The summed E-state index contributed by atoms with van der Waals surface area (Å²) in [5.41, 5.74) is -0.0861. The number of hydrogen-bond acceptors (Lipinski definition) is 3. The van der Waals surface area contributed by atoms with Crippen molar-refractivity contribution in [1.82, 2.24) is 4.90 Å². The summed E-state index contributed by atoms with van der Waals surface area (Å²) < 4.78 is 41.9. The molecule has 0 atom stereocenters. The normalized spacial score (nSPS) is 15.6. The van der Waals surface area contributed by atoms with Gasteiger partial charge in [-0.2, -0.15) is 8.78 Å². The van der Waals surface area contributed by atoms with Crippen LogP contribution in [0.15, 0.2) is 18.2 Å². The maximum Gasteiger partial charge on any atom is 0.387 e. The van der Waals surface area contributed by atoms with Gasteiger partial charge in [0.25, 0.3) is 0 Å². The van der Waals surface area contributed by atoms with E-state index in [9.17, 15) is 22.8 Å². The van der Waals surface area contributed by atoms with Crippen molar-refractivity contribution in [3.63, 3.8) is 0 Å². The summed E-state index contributed by atoms with van der Waals surface area (Å²) in [6, 6.07) is 2.29. The fourth-order valence-corrected chi connectivity index (χ4v) is 2.32. The Balaban J connectivity index is 2.02. The fraction of sp³-hybridized carbons (Fsp3) is 0.429. The number of hydrogen-bond donors (Lipinski definition) is 2. The third-order valence-corrected chi connectivity index (χ3v) is 3.53. The lowest BCUT2D eigenvalue weighted by Crippen LogP contribution is -2.42. The van der Waals surface area contributed by atoms with Crippen molar-refractivity contribution in [3.8, 4) is 5.75 Å². The average molecular weight is 332 g/mol. The van der Waals surface area contributed by atoms with E-state index in [1.54, 1.807) is 0 Å². The van der Waals surface area contributed by atoms with Crippen LogP contribution in [0.4, 0.5) is 23.7 Å². The van der Waals surface area contributed by atoms with Gasteiger partial charge in [-0.15, -0.1) is 0 Å². The van der Waals surface area contributed by atoms with Gasteiger partial charge in [0.05, 0.1) is 11.6 Å².